The van der Waals surface area contributed by atoms with E-state index in [-0.39, 0.29) is 18.0 Å². The largest absolute Gasteiger partial charge is 0.426 e. The molecule has 0 radical (unpaired) electrons. The van der Waals surface area contributed by atoms with Crippen molar-refractivity contribution in [1.82, 2.24) is 45.8 Å². The smallest absolute Gasteiger partial charge is 0.351 e. The molecule has 14 nitrogen and oxygen atoms in total. The summed E-state index contributed by atoms with van der Waals surface area (Å²) in [5.41, 5.74) is 5.35. The lowest BCUT2D eigenvalue weighted by molar-refractivity contribution is -0.137. The van der Waals surface area contributed by atoms with E-state index >= 15 is 0 Å². The SMILES string of the molecule is Cc1cc(CC(NC(=O)ON2CCC(N3CCc4ccccc4NC3=O)CC2)C(=O)N2CCC(N3CCNCC3)CC2)cc2n[nH]nc12. The van der Waals surface area contributed by atoms with E-state index in [0.717, 1.165) is 78.9 Å². The van der Waals surface area contributed by atoms with Crippen molar-refractivity contribution in [3.8, 4) is 0 Å². The first-order chi connectivity index (χ1) is 23.4. The highest BCUT2D eigenvalue weighted by molar-refractivity contribution is 5.91. The lowest BCUT2D eigenvalue weighted by Crippen LogP contribution is -2.56. The van der Waals surface area contributed by atoms with E-state index in [2.05, 4.69) is 42.3 Å². The summed E-state index contributed by atoms with van der Waals surface area (Å²) in [5, 5.41) is 22.2. The van der Waals surface area contributed by atoms with Gasteiger partial charge in [0, 0.05) is 83.1 Å². The molecule has 3 saturated heterocycles. The molecule has 2 aromatic carbocycles. The molecule has 48 heavy (non-hydrogen) atoms. The first kappa shape index (κ1) is 32.3. The van der Waals surface area contributed by atoms with E-state index in [1.54, 1.807) is 5.06 Å². The van der Waals surface area contributed by atoms with Crippen LogP contribution >= 0.6 is 0 Å². The van der Waals surface area contributed by atoms with Crippen molar-refractivity contribution in [2.45, 2.75) is 63.6 Å². The van der Waals surface area contributed by atoms with Crippen LogP contribution in [0.1, 0.15) is 42.4 Å². The van der Waals surface area contributed by atoms with Gasteiger partial charge in [-0.1, -0.05) is 24.3 Å². The Morgan fingerprint density at radius 1 is 0.958 bits per heavy atom. The van der Waals surface area contributed by atoms with Crippen LogP contribution in [0.5, 0.6) is 0 Å². The Bertz CT molecular complexity index is 1610. The standard InChI is InChI=1S/C34H46N10O4/c1-23-20-24(21-29-31(23)39-40-38-29)22-30(32(45)42-13-7-26(8-14-42)41-18-11-35-12-19-41)37-34(47)48-43-15-9-27(10-16-43)44-17-6-25-4-2-3-5-28(25)36-33(44)46/h2-5,20-21,26-27,30,35H,6-19,22H2,1H3,(H,36,46)(H,37,47)(H,38,39,40). The zero-order valence-electron chi connectivity index (χ0n) is 27.6. The summed E-state index contributed by atoms with van der Waals surface area (Å²) in [4.78, 5) is 52.5. The summed E-state index contributed by atoms with van der Waals surface area (Å²) < 4.78 is 0. The number of carbonyl (C=O) groups is 3. The molecule has 5 heterocycles. The van der Waals surface area contributed by atoms with E-state index in [0.29, 0.717) is 58.0 Å². The second-order valence-electron chi connectivity index (χ2n) is 13.4. The fourth-order valence-corrected chi connectivity index (χ4v) is 7.74. The Balaban J connectivity index is 0.967. The second-order valence-corrected chi connectivity index (χ2v) is 13.4. The maximum Gasteiger partial charge on any atom is 0.426 e. The number of aryl methyl sites for hydroxylation is 1. The first-order valence-corrected chi connectivity index (χ1v) is 17.3. The molecule has 4 N–H and O–H groups in total. The number of fused-ring (bicyclic) bond motifs is 2. The van der Waals surface area contributed by atoms with Gasteiger partial charge in [0.2, 0.25) is 5.91 Å². The van der Waals surface area contributed by atoms with Gasteiger partial charge in [0.1, 0.15) is 17.1 Å². The fraction of sp³-hybridized carbons (Fsp3) is 0.559. The lowest BCUT2D eigenvalue weighted by atomic mass is 9.99. The third kappa shape index (κ3) is 7.25. The number of amides is 4. The fourth-order valence-electron chi connectivity index (χ4n) is 7.74. The monoisotopic (exact) mass is 658 g/mol. The second kappa shape index (κ2) is 14.5. The van der Waals surface area contributed by atoms with Crippen LogP contribution in [-0.2, 0) is 22.5 Å². The highest BCUT2D eigenvalue weighted by Crippen LogP contribution is 2.25. The van der Waals surface area contributed by atoms with Crippen molar-refractivity contribution in [1.29, 1.82) is 0 Å². The van der Waals surface area contributed by atoms with Crippen LogP contribution in [0.2, 0.25) is 0 Å². The molecule has 1 atom stereocenters. The molecule has 1 unspecified atom stereocenters. The molecule has 7 rings (SSSR count). The van der Waals surface area contributed by atoms with Crippen LogP contribution in [0.25, 0.3) is 11.0 Å². The summed E-state index contributed by atoms with van der Waals surface area (Å²) in [6, 6.07) is 11.5. The van der Waals surface area contributed by atoms with Gasteiger partial charge in [0.05, 0.1) is 0 Å². The summed E-state index contributed by atoms with van der Waals surface area (Å²) >= 11 is 0. The van der Waals surface area contributed by atoms with E-state index in [1.807, 2.05) is 47.1 Å². The summed E-state index contributed by atoms with van der Waals surface area (Å²) in [6.45, 7) is 8.99. The number of carbonyl (C=O) groups excluding carboxylic acids is 3. The minimum atomic E-state index is -0.794. The number of benzene rings is 2. The molecule has 0 aliphatic carbocycles. The van der Waals surface area contributed by atoms with Gasteiger partial charge >= 0.3 is 12.1 Å². The average Bonchev–Trinajstić information content (AvgIpc) is 3.52. The van der Waals surface area contributed by atoms with Crippen molar-refractivity contribution >= 4 is 34.8 Å². The third-order valence-electron chi connectivity index (χ3n) is 10.4. The highest BCUT2D eigenvalue weighted by Gasteiger charge is 2.34. The Labute approximate surface area is 280 Å². The molecule has 0 bridgehead atoms. The molecular formula is C34H46N10O4. The van der Waals surface area contributed by atoms with Crippen LogP contribution < -0.4 is 16.0 Å². The maximum absolute atomic E-state index is 14.0. The molecule has 1 aromatic heterocycles. The Kier molecular flexibility index (Phi) is 9.73. The lowest BCUT2D eigenvalue weighted by Gasteiger charge is -2.41. The topological polar surface area (TPSA) is 151 Å². The molecule has 3 fully saturated rings. The molecule has 4 amide bonds. The van der Waals surface area contributed by atoms with Crippen molar-refractivity contribution < 1.29 is 19.2 Å². The number of piperidine rings is 2. The van der Waals surface area contributed by atoms with E-state index < -0.39 is 12.1 Å². The summed E-state index contributed by atoms with van der Waals surface area (Å²) in [6.07, 6.45) is 3.65. The Hall–Kier alpha value is -4.27. The number of H-pyrrole nitrogens is 1. The average molecular weight is 659 g/mol. The predicted octanol–water partition coefficient (Wildman–Crippen LogP) is 2.27. The Morgan fingerprint density at radius 3 is 2.50 bits per heavy atom. The van der Waals surface area contributed by atoms with E-state index in [9.17, 15) is 14.4 Å². The molecule has 0 spiro atoms. The number of anilines is 1. The Morgan fingerprint density at radius 2 is 1.71 bits per heavy atom. The third-order valence-corrected chi connectivity index (χ3v) is 10.4. The van der Waals surface area contributed by atoms with Gasteiger partial charge in [-0.3, -0.25) is 9.69 Å². The van der Waals surface area contributed by atoms with Gasteiger partial charge in [0.15, 0.2) is 0 Å². The summed E-state index contributed by atoms with van der Waals surface area (Å²) in [5.74, 6) is -0.101. The minimum absolute atomic E-state index is 0.0513. The van der Waals surface area contributed by atoms with Crippen LogP contribution in [0.4, 0.5) is 15.3 Å². The summed E-state index contributed by atoms with van der Waals surface area (Å²) in [7, 11) is 0. The molecule has 14 heteroatoms. The molecule has 3 aromatic rings. The van der Waals surface area contributed by atoms with Gasteiger partial charge < -0.3 is 30.6 Å². The number of hydrogen-bond acceptors (Lipinski definition) is 9. The van der Waals surface area contributed by atoms with Gasteiger partial charge in [-0.05, 0) is 67.9 Å². The number of piperazine rings is 1. The minimum Gasteiger partial charge on any atom is -0.351 e. The number of likely N-dealkylation sites (tertiary alicyclic amines) is 1. The number of rotatable bonds is 7. The molecule has 4 aliphatic heterocycles. The number of aromatic nitrogens is 3. The van der Waals surface area contributed by atoms with Crippen LogP contribution in [-0.4, -0.2) is 130 Å². The number of urea groups is 1. The normalized spacial score (nSPS) is 21.0. The number of hydrogen-bond donors (Lipinski definition) is 4. The van der Waals surface area contributed by atoms with Crippen molar-refractivity contribution in [3.05, 3.63) is 53.1 Å². The van der Waals surface area contributed by atoms with Crippen molar-refractivity contribution in [2.24, 2.45) is 0 Å². The van der Waals surface area contributed by atoms with Crippen molar-refractivity contribution in [3.63, 3.8) is 0 Å². The maximum atomic E-state index is 14.0. The number of aromatic amines is 1. The van der Waals surface area contributed by atoms with Crippen LogP contribution in [0.15, 0.2) is 36.4 Å². The number of hydroxylamine groups is 2. The van der Waals surface area contributed by atoms with Gasteiger partial charge in [0.25, 0.3) is 0 Å². The number of nitrogens with one attached hydrogen (secondary N) is 4. The first-order valence-electron chi connectivity index (χ1n) is 17.3. The van der Waals surface area contributed by atoms with E-state index in [1.165, 1.54) is 0 Å². The zero-order valence-corrected chi connectivity index (χ0v) is 27.6. The van der Waals surface area contributed by atoms with Gasteiger partial charge in [-0.15, -0.1) is 5.06 Å². The molecule has 0 saturated carbocycles. The van der Waals surface area contributed by atoms with Gasteiger partial charge in [-0.2, -0.15) is 15.4 Å². The molecule has 256 valence electrons. The number of para-hydroxylation sites is 1. The molecular weight excluding hydrogens is 612 g/mol. The van der Waals surface area contributed by atoms with Crippen LogP contribution in [0, 0.1) is 6.92 Å². The van der Waals surface area contributed by atoms with Gasteiger partial charge in [-0.25, -0.2) is 9.59 Å². The van der Waals surface area contributed by atoms with E-state index in [4.69, 9.17) is 4.84 Å². The van der Waals surface area contributed by atoms with Crippen molar-refractivity contribution in [2.75, 3.05) is 64.2 Å². The quantitative estimate of drug-likeness (QED) is 0.300. The highest BCUT2D eigenvalue weighted by atomic mass is 16.7. The zero-order chi connectivity index (χ0) is 33.0. The van der Waals surface area contributed by atoms with Crippen LogP contribution in [0.3, 0.4) is 0 Å². The number of nitrogens with zero attached hydrogens (tertiary/aromatic N) is 6. The molecule has 4 aliphatic rings. The predicted molar refractivity (Wildman–Crippen MR) is 180 cm³/mol.